The summed E-state index contributed by atoms with van der Waals surface area (Å²) < 4.78 is 0. The predicted molar refractivity (Wildman–Crippen MR) is 177 cm³/mol. The zero-order valence-corrected chi connectivity index (χ0v) is 27.3. The number of fused-ring (bicyclic) bond motifs is 2. The van der Waals surface area contributed by atoms with Gasteiger partial charge in [-0.15, -0.1) is 0 Å². The summed E-state index contributed by atoms with van der Waals surface area (Å²) in [5.41, 5.74) is 3.26. The molecule has 0 bridgehead atoms. The van der Waals surface area contributed by atoms with E-state index in [4.69, 9.17) is 5.11 Å². The molecule has 2 saturated heterocycles. The van der Waals surface area contributed by atoms with Crippen LogP contribution in [0.4, 0.5) is 0 Å². The van der Waals surface area contributed by atoms with Crippen molar-refractivity contribution in [3.05, 3.63) is 48.3 Å². The first kappa shape index (κ1) is 37.7. The number of rotatable bonds is 6. The molecule has 0 aliphatic carbocycles. The van der Waals surface area contributed by atoms with E-state index in [9.17, 15) is 14.4 Å². The van der Waals surface area contributed by atoms with E-state index in [0.717, 1.165) is 44.3 Å². The third kappa shape index (κ3) is 15.1. The van der Waals surface area contributed by atoms with Crippen molar-refractivity contribution in [3.63, 3.8) is 0 Å². The Bertz CT molecular complexity index is 1060. The number of aromatic amines is 1. The first-order valence-electron chi connectivity index (χ1n) is 16.1. The molecular weight excluding hydrogens is 542 g/mol. The van der Waals surface area contributed by atoms with E-state index in [1.165, 1.54) is 48.6 Å². The number of unbranched alkanes of at least 4 members (excludes halogenated alkanes) is 3. The van der Waals surface area contributed by atoms with E-state index in [1.54, 1.807) is 0 Å². The fraction of sp³-hybridized carbons (Fsp3) is 0.618. The van der Waals surface area contributed by atoms with Crippen molar-refractivity contribution in [3.8, 4) is 0 Å². The van der Waals surface area contributed by atoms with Crippen LogP contribution in [0.25, 0.3) is 10.9 Å². The minimum absolute atomic E-state index is 0.0449. The number of amides is 3. The molecule has 9 heteroatoms. The van der Waals surface area contributed by atoms with Crippen LogP contribution in [0.5, 0.6) is 0 Å². The average Bonchev–Trinajstić information content (AvgIpc) is 3.42. The molecule has 1 aromatic carbocycles. The Morgan fingerprint density at radius 3 is 2.19 bits per heavy atom. The number of benzene rings is 1. The number of aliphatic hydroxyl groups excluding tert-OH is 1. The normalized spacial score (nSPS) is 17.9. The summed E-state index contributed by atoms with van der Waals surface area (Å²) in [6.45, 7) is 15.5. The van der Waals surface area contributed by atoms with Gasteiger partial charge in [-0.05, 0) is 50.7 Å². The minimum Gasteiger partial charge on any atom is -0.393 e. The molecule has 2 fully saturated rings. The highest BCUT2D eigenvalue weighted by molar-refractivity contribution is 5.90. The first-order valence-corrected chi connectivity index (χ1v) is 16.1. The van der Waals surface area contributed by atoms with Gasteiger partial charge < -0.3 is 30.9 Å². The second-order valence-electron chi connectivity index (χ2n) is 11.1. The summed E-state index contributed by atoms with van der Waals surface area (Å²) in [7, 11) is 0. The largest absolute Gasteiger partial charge is 0.393 e. The van der Waals surface area contributed by atoms with Crippen molar-refractivity contribution in [2.24, 2.45) is 0 Å². The number of aromatic nitrogens is 1. The highest BCUT2D eigenvalue weighted by Crippen LogP contribution is 2.21. The number of aryl methyl sites for hydroxylation is 1. The van der Waals surface area contributed by atoms with Crippen molar-refractivity contribution in [2.75, 3.05) is 26.2 Å². The Balaban J connectivity index is 0.000000335. The Labute approximate surface area is 259 Å². The average molecular weight is 600 g/mol. The van der Waals surface area contributed by atoms with Gasteiger partial charge in [0.2, 0.25) is 17.7 Å². The first-order chi connectivity index (χ1) is 20.7. The third-order valence-electron chi connectivity index (χ3n) is 7.48. The second-order valence-corrected chi connectivity index (χ2v) is 11.1. The molecule has 2 aliphatic rings. The molecule has 9 nitrogen and oxygen atoms in total. The van der Waals surface area contributed by atoms with Crippen LogP contribution in [0, 0.1) is 6.92 Å². The van der Waals surface area contributed by atoms with Gasteiger partial charge in [0.25, 0.3) is 0 Å². The van der Waals surface area contributed by atoms with E-state index in [0.29, 0.717) is 6.54 Å². The molecule has 3 heterocycles. The molecule has 3 amide bonds. The molecular formula is C34H57N5O4. The summed E-state index contributed by atoms with van der Waals surface area (Å²) in [4.78, 5) is 40.3. The van der Waals surface area contributed by atoms with Crippen molar-refractivity contribution in [1.29, 1.82) is 0 Å². The van der Waals surface area contributed by atoms with Crippen LogP contribution in [0.1, 0.15) is 97.5 Å². The maximum atomic E-state index is 12.2. The molecule has 1 aromatic heterocycles. The van der Waals surface area contributed by atoms with Gasteiger partial charge in [-0.2, -0.15) is 0 Å². The number of carbonyl (C=O) groups excluding carboxylic acids is 3. The zero-order chi connectivity index (χ0) is 32.0. The van der Waals surface area contributed by atoms with E-state index in [2.05, 4.69) is 73.4 Å². The van der Waals surface area contributed by atoms with Gasteiger partial charge >= 0.3 is 0 Å². The Hall–Kier alpha value is -3.33. The molecule has 5 N–H and O–H groups in total. The van der Waals surface area contributed by atoms with Crippen LogP contribution in [0.3, 0.4) is 0 Å². The van der Waals surface area contributed by atoms with Gasteiger partial charge in [0.1, 0.15) is 6.04 Å². The fourth-order valence-electron chi connectivity index (χ4n) is 4.52. The molecule has 0 spiro atoms. The number of nitrogens with one attached hydrogen (secondary N) is 4. The lowest BCUT2D eigenvalue weighted by molar-refractivity contribution is -0.130. The standard InChI is InChI=1S/C13H20N4O3.C9H9N.C8H18O.C4H10/c1-9-6-14-11(18)7-15-12(19)8-16-13(20)10-4-2-3-5-17(9)10;1-7-6-10-9-5-3-2-4-8(7)9;1-3-5-6-7-8(9)4-2;1-3-4-2/h10H,1-8H2,(H,14,18)(H,15,19)(H,16,20);2-6,10H,1H3;8-9H,3-7H2,1-2H3;3-4H2,1-2H3. The number of carbonyl (C=O) groups is 3. The van der Waals surface area contributed by atoms with Crippen LogP contribution in [0.2, 0.25) is 0 Å². The van der Waals surface area contributed by atoms with Crippen molar-refractivity contribution < 1.29 is 19.5 Å². The van der Waals surface area contributed by atoms with Crippen LogP contribution in [0.15, 0.2) is 42.7 Å². The molecule has 2 aliphatic heterocycles. The van der Waals surface area contributed by atoms with Crippen LogP contribution >= 0.6 is 0 Å². The van der Waals surface area contributed by atoms with Gasteiger partial charge in [0, 0.05) is 29.3 Å². The highest BCUT2D eigenvalue weighted by Gasteiger charge is 2.30. The number of aliphatic hydroxyl groups is 1. The van der Waals surface area contributed by atoms with E-state index < -0.39 is 0 Å². The van der Waals surface area contributed by atoms with Crippen molar-refractivity contribution in [2.45, 2.75) is 111 Å². The lowest BCUT2D eigenvalue weighted by atomic mass is 10.0. The Morgan fingerprint density at radius 2 is 1.56 bits per heavy atom. The Kier molecular flexibility index (Phi) is 19.5. The number of nitrogens with zero attached hydrogens (tertiary/aromatic N) is 1. The summed E-state index contributed by atoms with van der Waals surface area (Å²) in [6.07, 6.45) is 12.9. The van der Waals surface area contributed by atoms with Gasteiger partial charge in [-0.25, -0.2) is 0 Å². The van der Waals surface area contributed by atoms with Crippen LogP contribution < -0.4 is 16.0 Å². The maximum Gasteiger partial charge on any atom is 0.243 e. The summed E-state index contributed by atoms with van der Waals surface area (Å²) >= 11 is 0. The van der Waals surface area contributed by atoms with Gasteiger partial charge in [0.15, 0.2) is 0 Å². The second kappa shape index (κ2) is 22.2. The highest BCUT2D eigenvalue weighted by atomic mass is 16.3. The molecule has 242 valence electrons. The van der Waals surface area contributed by atoms with E-state index >= 15 is 0 Å². The van der Waals surface area contributed by atoms with Crippen LogP contribution in [-0.4, -0.2) is 71.0 Å². The molecule has 43 heavy (non-hydrogen) atoms. The van der Waals surface area contributed by atoms with E-state index in [1.807, 2.05) is 24.1 Å². The lowest BCUT2D eigenvalue weighted by Crippen LogP contribution is -2.53. The van der Waals surface area contributed by atoms with Crippen molar-refractivity contribution >= 4 is 28.6 Å². The SMILES string of the molecule is C=C1CNC(=O)CNC(=O)CNC(=O)C2CCCCN12.CCCC.CCCCCC(O)CC.Cc1c[nH]c2ccccc12. The number of hydrogen-bond donors (Lipinski definition) is 5. The smallest absolute Gasteiger partial charge is 0.243 e. The molecule has 2 aromatic rings. The molecule has 0 radical (unpaired) electrons. The van der Waals surface area contributed by atoms with Crippen molar-refractivity contribution in [1.82, 2.24) is 25.8 Å². The lowest BCUT2D eigenvalue weighted by Gasteiger charge is -2.37. The number of para-hydroxylation sites is 1. The van der Waals surface area contributed by atoms with Gasteiger partial charge in [-0.3, -0.25) is 14.4 Å². The molecule has 0 saturated carbocycles. The molecule has 2 atom stereocenters. The number of piperidine rings is 1. The van der Waals surface area contributed by atoms with Gasteiger partial charge in [-0.1, -0.05) is 84.6 Å². The summed E-state index contributed by atoms with van der Waals surface area (Å²) in [5, 5.41) is 18.2. The minimum atomic E-state index is -0.366. The third-order valence-corrected chi connectivity index (χ3v) is 7.48. The Morgan fingerprint density at radius 1 is 0.907 bits per heavy atom. The zero-order valence-electron chi connectivity index (χ0n) is 27.3. The topological polar surface area (TPSA) is 127 Å². The molecule has 4 rings (SSSR count). The predicted octanol–water partition coefficient (Wildman–Crippen LogP) is 5.34. The summed E-state index contributed by atoms with van der Waals surface area (Å²) in [5.74, 6) is -0.789. The molecule has 2 unspecified atom stereocenters. The maximum absolute atomic E-state index is 12.2. The quantitative estimate of drug-likeness (QED) is 0.287. The van der Waals surface area contributed by atoms with Crippen LogP contribution in [-0.2, 0) is 14.4 Å². The van der Waals surface area contributed by atoms with E-state index in [-0.39, 0.29) is 43.0 Å². The fourth-order valence-corrected chi connectivity index (χ4v) is 4.52. The van der Waals surface area contributed by atoms with Gasteiger partial charge in [0.05, 0.1) is 25.7 Å². The summed E-state index contributed by atoms with van der Waals surface area (Å²) in [6, 6.07) is 8.01. The number of H-pyrrole nitrogens is 1. The number of hydrogen-bond acceptors (Lipinski definition) is 5. The monoisotopic (exact) mass is 599 g/mol.